The summed E-state index contributed by atoms with van der Waals surface area (Å²) >= 11 is 0. The highest BCUT2D eigenvalue weighted by molar-refractivity contribution is 5.25. The fourth-order valence-electron chi connectivity index (χ4n) is 8.73. The Morgan fingerprint density at radius 3 is 2.50 bits per heavy atom. The lowest BCUT2D eigenvalue weighted by atomic mass is 9.46. The van der Waals surface area contributed by atoms with Crippen LogP contribution in [0.4, 0.5) is 0 Å². The molecule has 8 atom stereocenters. The topological polar surface area (TPSA) is 20.2 Å². The predicted molar refractivity (Wildman–Crippen MR) is 119 cm³/mol. The Bertz CT molecular complexity index is 591. The molecule has 0 aliphatic heterocycles. The zero-order valence-corrected chi connectivity index (χ0v) is 19.3. The van der Waals surface area contributed by atoms with Crippen LogP contribution >= 0.6 is 0 Å². The molecule has 0 spiro atoms. The molecule has 160 valence electrons. The van der Waals surface area contributed by atoms with E-state index in [0.29, 0.717) is 10.8 Å². The molecular weight excluding hydrogens is 340 g/mol. The second-order valence-electron chi connectivity index (χ2n) is 12.2. The number of aliphatic hydroxyl groups is 1. The molecule has 0 heterocycles. The van der Waals surface area contributed by atoms with Gasteiger partial charge >= 0.3 is 0 Å². The molecule has 3 unspecified atom stereocenters. The molecular formula is C27H46O. The summed E-state index contributed by atoms with van der Waals surface area (Å²) in [5.41, 5.74) is 2.61. The van der Waals surface area contributed by atoms with Gasteiger partial charge in [-0.1, -0.05) is 65.5 Å². The van der Waals surface area contributed by atoms with E-state index < -0.39 is 0 Å². The molecule has 0 aromatic carbocycles. The molecule has 3 saturated carbocycles. The average molecular weight is 387 g/mol. The number of hydrogen-bond acceptors (Lipinski definition) is 1. The minimum atomic E-state index is -0.170. The highest BCUT2D eigenvalue weighted by atomic mass is 16.3. The van der Waals surface area contributed by atoms with Crippen LogP contribution in [-0.4, -0.2) is 11.2 Å². The van der Waals surface area contributed by atoms with Crippen molar-refractivity contribution in [2.24, 2.45) is 46.3 Å². The van der Waals surface area contributed by atoms with Crippen LogP contribution in [0.3, 0.4) is 0 Å². The third-order valence-corrected chi connectivity index (χ3v) is 10.3. The molecule has 1 heteroatoms. The van der Waals surface area contributed by atoms with Crippen molar-refractivity contribution in [3.8, 4) is 0 Å². The summed E-state index contributed by atoms with van der Waals surface area (Å²) in [6.45, 7) is 12.6. The van der Waals surface area contributed by atoms with Gasteiger partial charge in [0, 0.05) is 0 Å². The van der Waals surface area contributed by atoms with Crippen LogP contribution in [-0.2, 0) is 0 Å². The van der Waals surface area contributed by atoms with E-state index in [0.717, 1.165) is 41.9 Å². The maximum absolute atomic E-state index is 10.2. The van der Waals surface area contributed by atoms with Gasteiger partial charge in [-0.05, 0) is 97.7 Å². The van der Waals surface area contributed by atoms with Gasteiger partial charge in [0.15, 0.2) is 0 Å². The summed E-state index contributed by atoms with van der Waals surface area (Å²) in [4.78, 5) is 0. The van der Waals surface area contributed by atoms with Crippen molar-refractivity contribution < 1.29 is 5.11 Å². The average Bonchev–Trinajstić information content (AvgIpc) is 2.99. The second kappa shape index (κ2) is 7.75. The van der Waals surface area contributed by atoms with Gasteiger partial charge in [-0.2, -0.15) is 0 Å². The Morgan fingerprint density at radius 1 is 0.964 bits per heavy atom. The molecule has 4 aliphatic carbocycles. The van der Waals surface area contributed by atoms with Gasteiger partial charge < -0.3 is 5.11 Å². The van der Waals surface area contributed by atoms with Crippen molar-refractivity contribution in [3.05, 3.63) is 11.6 Å². The summed E-state index contributed by atoms with van der Waals surface area (Å²) in [6, 6.07) is 0. The van der Waals surface area contributed by atoms with E-state index in [4.69, 9.17) is 0 Å². The molecule has 1 N–H and O–H groups in total. The van der Waals surface area contributed by atoms with Crippen LogP contribution in [0.1, 0.15) is 105 Å². The van der Waals surface area contributed by atoms with Crippen LogP contribution in [0, 0.1) is 46.3 Å². The summed E-state index contributed by atoms with van der Waals surface area (Å²) in [5.74, 6) is 5.52. The fraction of sp³-hybridized carbons (Fsp3) is 0.926. The molecule has 0 saturated heterocycles. The monoisotopic (exact) mass is 386 g/mol. The number of rotatable bonds is 5. The molecule has 0 amide bonds. The molecule has 4 rings (SSSR count). The molecule has 28 heavy (non-hydrogen) atoms. The largest absolute Gasteiger partial charge is 0.389 e. The molecule has 0 radical (unpaired) electrons. The van der Waals surface area contributed by atoms with Gasteiger partial charge in [0.2, 0.25) is 0 Å². The number of aliphatic hydroxyl groups excluding tert-OH is 1. The lowest BCUT2D eigenvalue weighted by Gasteiger charge is -2.59. The van der Waals surface area contributed by atoms with Crippen LogP contribution < -0.4 is 0 Å². The van der Waals surface area contributed by atoms with Crippen LogP contribution in [0.5, 0.6) is 0 Å². The zero-order valence-electron chi connectivity index (χ0n) is 19.3. The Balaban J connectivity index is 1.48. The van der Waals surface area contributed by atoms with E-state index in [9.17, 15) is 5.11 Å². The van der Waals surface area contributed by atoms with E-state index in [1.54, 1.807) is 5.57 Å². The summed E-state index contributed by atoms with van der Waals surface area (Å²) in [5, 5.41) is 10.2. The first-order valence-corrected chi connectivity index (χ1v) is 12.6. The van der Waals surface area contributed by atoms with E-state index >= 15 is 0 Å². The first-order chi connectivity index (χ1) is 13.3. The van der Waals surface area contributed by atoms with E-state index in [1.165, 1.54) is 64.2 Å². The summed E-state index contributed by atoms with van der Waals surface area (Å²) in [6.07, 6.45) is 17.1. The fourth-order valence-corrected chi connectivity index (χ4v) is 8.73. The highest BCUT2D eigenvalue weighted by Crippen LogP contribution is 2.67. The van der Waals surface area contributed by atoms with Gasteiger partial charge in [-0.25, -0.2) is 0 Å². The first kappa shape index (κ1) is 21.0. The normalized spacial score (nSPS) is 46.5. The Morgan fingerprint density at radius 2 is 1.75 bits per heavy atom. The maximum Gasteiger partial charge on any atom is 0.0724 e. The number of fused-ring (bicyclic) bond motifs is 5. The second-order valence-corrected chi connectivity index (χ2v) is 12.2. The van der Waals surface area contributed by atoms with E-state index in [2.05, 4.69) is 40.7 Å². The van der Waals surface area contributed by atoms with Gasteiger partial charge in [-0.15, -0.1) is 0 Å². The predicted octanol–water partition coefficient (Wildman–Crippen LogP) is 7.39. The van der Waals surface area contributed by atoms with E-state index in [1.807, 2.05) is 0 Å². The van der Waals surface area contributed by atoms with Crippen LogP contribution in [0.15, 0.2) is 11.6 Å². The third kappa shape index (κ3) is 3.42. The lowest BCUT2D eigenvalue weighted by Crippen LogP contribution is -2.51. The minimum Gasteiger partial charge on any atom is -0.389 e. The van der Waals surface area contributed by atoms with Crippen molar-refractivity contribution in [2.45, 2.75) is 111 Å². The zero-order chi connectivity index (χ0) is 20.1. The molecule has 0 bridgehead atoms. The standard InChI is InChI=1S/C27H46O/c1-18(2)7-6-8-19(3)23-11-12-24-22-10-9-20-17-21(28)13-15-26(20,4)25(22)14-16-27(23,24)5/h17-19,21-25,28H,6-16H2,1-5H3/t19-,21-,22?,23-,24?,25?,26+,27-/m1/s1. The molecule has 0 aromatic heterocycles. The smallest absolute Gasteiger partial charge is 0.0724 e. The summed E-state index contributed by atoms with van der Waals surface area (Å²) < 4.78 is 0. The molecule has 0 aromatic rings. The Labute approximate surface area is 174 Å². The molecule has 3 fully saturated rings. The SMILES string of the molecule is CC(C)CCC[C@@H](C)[C@H]1CCC2C3CCC4=C[C@H](O)CC[C@]4(C)C3CC[C@@]21C. The summed E-state index contributed by atoms with van der Waals surface area (Å²) in [7, 11) is 0. The lowest BCUT2D eigenvalue weighted by molar-refractivity contribution is -0.0626. The molecule has 4 aliphatic rings. The van der Waals surface area contributed by atoms with E-state index in [-0.39, 0.29) is 6.10 Å². The number of allylic oxidation sites excluding steroid dienone is 1. The van der Waals surface area contributed by atoms with Gasteiger partial charge in [0.05, 0.1) is 6.10 Å². The molecule has 1 nitrogen and oxygen atoms in total. The van der Waals surface area contributed by atoms with Crippen LogP contribution in [0.25, 0.3) is 0 Å². The maximum atomic E-state index is 10.2. The van der Waals surface area contributed by atoms with Gasteiger partial charge in [-0.3, -0.25) is 0 Å². The highest BCUT2D eigenvalue weighted by Gasteiger charge is 2.59. The van der Waals surface area contributed by atoms with Gasteiger partial charge in [0.1, 0.15) is 0 Å². The quantitative estimate of drug-likeness (QED) is 0.488. The van der Waals surface area contributed by atoms with Crippen molar-refractivity contribution in [1.82, 2.24) is 0 Å². The van der Waals surface area contributed by atoms with Crippen LogP contribution in [0.2, 0.25) is 0 Å². The van der Waals surface area contributed by atoms with Crippen molar-refractivity contribution in [3.63, 3.8) is 0 Å². The number of hydrogen-bond donors (Lipinski definition) is 1. The van der Waals surface area contributed by atoms with Gasteiger partial charge in [0.25, 0.3) is 0 Å². The van der Waals surface area contributed by atoms with Crippen molar-refractivity contribution in [1.29, 1.82) is 0 Å². The third-order valence-electron chi connectivity index (χ3n) is 10.3. The first-order valence-electron chi connectivity index (χ1n) is 12.6. The minimum absolute atomic E-state index is 0.170. The Hall–Kier alpha value is -0.300. The Kier molecular flexibility index (Phi) is 5.80. The van der Waals surface area contributed by atoms with Crippen molar-refractivity contribution in [2.75, 3.05) is 0 Å². The van der Waals surface area contributed by atoms with Crippen molar-refractivity contribution >= 4 is 0 Å².